The SMILES string of the molecule is CC1(C)c2cc(-c3cc(C4N=C(C5C=CCCC5)NC(C5=CCCC=C5)N4)ccc3-c3cccc(C4=CCCC=C4)n3)ccc2C2C=CC=CC21. The summed E-state index contributed by atoms with van der Waals surface area (Å²) in [6.45, 7) is 4.84. The summed E-state index contributed by atoms with van der Waals surface area (Å²) >= 11 is 0. The number of rotatable bonds is 6. The van der Waals surface area contributed by atoms with Gasteiger partial charge in [-0.2, -0.15) is 0 Å². The Morgan fingerprint density at radius 2 is 1.63 bits per heavy atom. The third-order valence-corrected chi connectivity index (χ3v) is 11.9. The van der Waals surface area contributed by atoms with Crippen molar-refractivity contribution in [3.05, 3.63) is 155 Å². The Labute approximate surface area is 303 Å². The molecule has 2 heterocycles. The second-order valence-corrected chi connectivity index (χ2v) is 15.5. The summed E-state index contributed by atoms with van der Waals surface area (Å²) in [7, 11) is 0. The van der Waals surface area contributed by atoms with Crippen LogP contribution in [0.3, 0.4) is 0 Å². The topological polar surface area (TPSA) is 49.3 Å². The number of amidine groups is 1. The van der Waals surface area contributed by atoms with Crippen molar-refractivity contribution in [3.63, 3.8) is 0 Å². The highest BCUT2D eigenvalue weighted by atomic mass is 15.3. The fraction of sp³-hybridized carbons (Fsp3) is 0.319. The summed E-state index contributed by atoms with van der Waals surface area (Å²) in [6.07, 6.45) is 35.3. The maximum atomic E-state index is 5.41. The van der Waals surface area contributed by atoms with E-state index < -0.39 is 0 Å². The average molecular weight is 669 g/mol. The monoisotopic (exact) mass is 668 g/mol. The highest BCUT2D eigenvalue weighted by Gasteiger charge is 2.44. The average Bonchev–Trinajstić information content (AvgIpc) is 3.44. The molecule has 0 spiro atoms. The van der Waals surface area contributed by atoms with Gasteiger partial charge in [0.2, 0.25) is 0 Å². The minimum absolute atomic E-state index is 0.0120. The molecule has 1 aromatic heterocycles. The van der Waals surface area contributed by atoms with E-state index in [1.807, 2.05) is 0 Å². The molecule has 3 aromatic rings. The van der Waals surface area contributed by atoms with Crippen molar-refractivity contribution in [1.82, 2.24) is 15.6 Å². The van der Waals surface area contributed by atoms with Crippen LogP contribution in [0.5, 0.6) is 0 Å². The van der Waals surface area contributed by atoms with Crippen LogP contribution in [0.2, 0.25) is 0 Å². The van der Waals surface area contributed by atoms with Crippen molar-refractivity contribution in [3.8, 4) is 22.4 Å². The minimum Gasteiger partial charge on any atom is -0.354 e. The van der Waals surface area contributed by atoms with Crippen LogP contribution in [0.4, 0.5) is 0 Å². The van der Waals surface area contributed by atoms with Gasteiger partial charge in [-0.3, -0.25) is 5.32 Å². The Morgan fingerprint density at radius 3 is 2.45 bits per heavy atom. The first-order valence-corrected chi connectivity index (χ1v) is 19.1. The fourth-order valence-corrected chi connectivity index (χ4v) is 9.09. The number of allylic oxidation sites excluding steroid dienone is 11. The lowest BCUT2D eigenvalue weighted by Crippen LogP contribution is -2.53. The molecule has 0 amide bonds. The predicted octanol–water partition coefficient (Wildman–Crippen LogP) is 10.8. The minimum atomic E-state index is -0.175. The first-order chi connectivity index (χ1) is 25.0. The standard InChI is InChI=1S/C47H48N4/c1-47(2)40-22-13-12-21-36(40)37-27-25-34(30-41(37)47)39-29-35(26-28-38(39)43-24-14-23-42(48-43)31-15-6-3-7-16-31)46-50-44(32-17-8-4-9-18-32)49-45(51-46)33-19-10-5-11-20-33/h6,8,10,12-19,21-30,33,36,40,44,46,50H,3-5,7,9,11,20H2,1-2H3,(H,49,51). The van der Waals surface area contributed by atoms with Crippen LogP contribution >= 0.6 is 0 Å². The molecule has 2 N–H and O–H groups in total. The molecule has 0 saturated carbocycles. The summed E-state index contributed by atoms with van der Waals surface area (Å²) in [4.78, 5) is 10.7. The van der Waals surface area contributed by atoms with Gasteiger partial charge in [0.15, 0.2) is 0 Å². The number of benzene rings is 2. The number of aromatic nitrogens is 1. The van der Waals surface area contributed by atoms with E-state index in [0.717, 1.165) is 61.3 Å². The first kappa shape index (κ1) is 32.1. The number of hydrogen-bond donors (Lipinski definition) is 2. The van der Waals surface area contributed by atoms with Crippen LogP contribution < -0.4 is 10.6 Å². The van der Waals surface area contributed by atoms with Crippen LogP contribution in [-0.4, -0.2) is 17.0 Å². The van der Waals surface area contributed by atoms with E-state index in [9.17, 15) is 0 Å². The lowest BCUT2D eigenvalue weighted by atomic mass is 9.74. The molecule has 2 aromatic carbocycles. The Kier molecular flexibility index (Phi) is 8.44. The molecular formula is C47H48N4. The van der Waals surface area contributed by atoms with E-state index in [4.69, 9.17) is 9.98 Å². The van der Waals surface area contributed by atoms with E-state index >= 15 is 0 Å². The summed E-state index contributed by atoms with van der Waals surface area (Å²) in [5.41, 5.74) is 12.2. The highest BCUT2D eigenvalue weighted by Crippen LogP contribution is 2.54. The van der Waals surface area contributed by atoms with Crippen LogP contribution in [0.15, 0.2) is 138 Å². The number of aliphatic imine (C=N–C) groups is 1. The predicted molar refractivity (Wildman–Crippen MR) is 212 cm³/mol. The molecule has 5 atom stereocenters. The van der Waals surface area contributed by atoms with E-state index in [1.165, 1.54) is 45.4 Å². The number of pyridine rings is 1. The van der Waals surface area contributed by atoms with Gasteiger partial charge in [-0.05, 0) is 113 Å². The summed E-state index contributed by atoms with van der Waals surface area (Å²) in [5.74, 6) is 2.31. The lowest BCUT2D eigenvalue weighted by molar-refractivity contribution is 0.394. The van der Waals surface area contributed by atoms with Gasteiger partial charge < -0.3 is 5.32 Å². The Bertz CT molecular complexity index is 2100. The molecule has 0 bridgehead atoms. The van der Waals surface area contributed by atoms with E-state index in [1.54, 1.807) is 0 Å². The van der Waals surface area contributed by atoms with Crippen LogP contribution in [-0.2, 0) is 5.41 Å². The molecule has 256 valence electrons. The van der Waals surface area contributed by atoms with Crippen molar-refractivity contribution in [2.45, 2.75) is 82.5 Å². The summed E-state index contributed by atoms with van der Waals surface area (Å²) in [5, 5.41) is 7.71. The molecule has 4 nitrogen and oxygen atoms in total. The Morgan fingerprint density at radius 1 is 0.765 bits per heavy atom. The molecule has 0 saturated heterocycles. The smallest absolute Gasteiger partial charge is 0.129 e. The van der Waals surface area contributed by atoms with Crippen molar-refractivity contribution >= 4 is 11.4 Å². The van der Waals surface area contributed by atoms with Gasteiger partial charge in [0.25, 0.3) is 0 Å². The largest absolute Gasteiger partial charge is 0.354 e. The highest BCUT2D eigenvalue weighted by molar-refractivity contribution is 5.88. The number of fused-ring (bicyclic) bond motifs is 3. The number of nitrogens with one attached hydrogen (secondary N) is 2. The van der Waals surface area contributed by atoms with Crippen molar-refractivity contribution in [2.75, 3.05) is 0 Å². The van der Waals surface area contributed by atoms with Crippen molar-refractivity contribution in [1.29, 1.82) is 0 Å². The zero-order valence-corrected chi connectivity index (χ0v) is 29.9. The molecule has 5 aliphatic carbocycles. The van der Waals surface area contributed by atoms with Crippen LogP contribution in [0.1, 0.15) is 93.3 Å². The lowest BCUT2D eigenvalue weighted by Gasteiger charge is -2.35. The van der Waals surface area contributed by atoms with E-state index in [0.29, 0.717) is 17.8 Å². The Hall–Kier alpha value is -4.80. The molecule has 6 aliphatic rings. The quantitative estimate of drug-likeness (QED) is 0.257. The van der Waals surface area contributed by atoms with Crippen molar-refractivity contribution in [2.24, 2.45) is 16.8 Å². The third kappa shape index (κ3) is 6.04. The fourth-order valence-electron chi connectivity index (χ4n) is 9.09. The maximum Gasteiger partial charge on any atom is 0.129 e. The molecular weight excluding hydrogens is 621 g/mol. The van der Waals surface area contributed by atoms with Crippen molar-refractivity contribution < 1.29 is 0 Å². The van der Waals surface area contributed by atoms with Gasteiger partial charge in [0.05, 0.1) is 11.4 Å². The van der Waals surface area contributed by atoms with Crippen LogP contribution in [0.25, 0.3) is 28.0 Å². The zero-order valence-electron chi connectivity index (χ0n) is 29.9. The summed E-state index contributed by atoms with van der Waals surface area (Å²) in [6, 6.07) is 20.6. The molecule has 1 aliphatic heterocycles. The second kappa shape index (κ2) is 13.4. The molecule has 5 unspecified atom stereocenters. The van der Waals surface area contributed by atoms with Gasteiger partial charge in [-0.15, -0.1) is 0 Å². The van der Waals surface area contributed by atoms with Gasteiger partial charge in [0, 0.05) is 17.4 Å². The molecule has 51 heavy (non-hydrogen) atoms. The van der Waals surface area contributed by atoms with Gasteiger partial charge in [0.1, 0.15) is 18.2 Å². The normalized spacial score (nSPS) is 27.3. The van der Waals surface area contributed by atoms with Gasteiger partial charge in [-0.1, -0.05) is 123 Å². The van der Waals surface area contributed by atoms with Gasteiger partial charge >= 0.3 is 0 Å². The molecule has 0 fully saturated rings. The first-order valence-electron chi connectivity index (χ1n) is 19.1. The maximum absolute atomic E-state index is 5.41. The second-order valence-electron chi connectivity index (χ2n) is 15.5. The molecule has 9 rings (SSSR count). The molecule has 0 radical (unpaired) electrons. The van der Waals surface area contributed by atoms with E-state index in [-0.39, 0.29) is 17.7 Å². The third-order valence-electron chi connectivity index (χ3n) is 11.9. The number of nitrogens with zero attached hydrogens (tertiary/aromatic N) is 2. The van der Waals surface area contributed by atoms with Crippen LogP contribution in [0, 0.1) is 11.8 Å². The van der Waals surface area contributed by atoms with E-state index in [2.05, 4.69) is 152 Å². The zero-order chi connectivity index (χ0) is 34.4. The summed E-state index contributed by atoms with van der Waals surface area (Å²) < 4.78 is 0. The molecule has 4 heteroatoms. The van der Waals surface area contributed by atoms with Gasteiger partial charge in [-0.25, -0.2) is 9.98 Å². The Balaban J connectivity index is 1.17. The number of hydrogen-bond acceptors (Lipinski definition) is 4.